The number of ether oxygens (including phenoxy) is 1. The zero-order valence-electron chi connectivity index (χ0n) is 11.3. The van der Waals surface area contributed by atoms with Crippen molar-refractivity contribution in [2.75, 3.05) is 0 Å². The summed E-state index contributed by atoms with van der Waals surface area (Å²) < 4.78 is 5.26. The third kappa shape index (κ3) is 2.33. The molecule has 1 aromatic carbocycles. The van der Waals surface area contributed by atoms with E-state index in [1.165, 1.54) is 12.0 Å². The van der Waals surface area contributed by atoms with Gasteiger partial charge in [0.05, 0.1) is 0 Å². The Morgan fingerprint density at radius 1 is 1.32 bits per heavy atom. The lowest BCUT2D eigenvalue weighted by Crippen LogP contribution is -2.22. The number of esters is 1. The minimum absolute atomic E-state index is 0.318. The molecule has 0 amide bonds. The molecule has 3 nitrogen and oxygen atoms in total. The molecule has 3 heteroatoms. The first-order valence-corrected chi connectivity index (χ1v) is 6.73. The Labute approximate surface area is 113 Å². The molecule has 19 heavy (non-hydrogen) atoms. The lowest BCUT2D eigenvalue weighted by atomic mass is 9.85. The summed E-state index contributed by atoms with van der Waals surface area (Å²) in [5, 5.41) is 0. The minimum Gasteiger partial charge on any atom is -0.406 e. The molecule has 0 unspecified atom stereocenters. The zero-order chi connectivity index (χ0) is 13.4. The minimum atomic E-state index is -0.318. The van der Waals surface area contributed by atoms with Gasteiger partial charge in [-0.05, 0) is 43.9 Å². The average Bonchev–Trinajstić information content (AvgIpc) is 2.61. The molecule has 0 atom stereocenters. The van der Waals surface area contributed by atoms with Crippen LogP contribution in [0.2, 0.25) is 0 Å². The Hall–Kier alpha value is -1.90. The van der Waals surface area contributed by atoms with Crippen molar-refractivity contribution in [2.45, 2.75) is 33.1 Å². The van der Waals surface area contributed by atoms with Crippen molar-refractivity contribution < 1.29 is 9.53 Å². The first-order chi connectivity index (χ1) is 9.13. The molecule has 0 aromatic heterocycles. The lowest BCUT2D eigenvalue weighted by molar-refractivity contribution is -0.130. The Morgan fingerprint density at radius 2 is 2.11 bits per heavy atom. The number of aryl methyl sites for hydroxylation is 2. The summed E-state index contributed by atoms with van der Waals surface area (Å²) in [7, 11) is 0. The van der Waals surface area contributed by atoms with E-state index in [-0.39, 0.29) is 5.97 Å². The number of benzene rings is 1. The van der Waals surface area contributed by atoms with Crippen LogP contribution in [-0.4, -0.2) is 11.9 Å². The van der Waals surface area contributed by atoms with Gasteiger partial charge in [0.25, 0.3) is 0 Å². The maximum Gasteiger partial charge on any atom is 0.363 e. The highest BCUT2D eigenvalue weighted by Gasteiger charge is 2.32. The highest BCUT2D eigenvalue weighted by atomic mass is 16.6. The van der Waals surface area contributed by atoms with E-state index in [0.29, 0.717) is 17.5 Å². The maximum absolute atomic E-state index is 11.8. The highest BCUT2D eigenvalue weighted by molar-refractivity contribution is 6.08. The van der Waals surface area contributed by atoms with Crippen molar-refractivity contribution in [1.29, 1.82) is 0 Å². The Morgan fingerprint density at radius 3 is 2.74 bits per heavy atom. The third-order valence-electron chi connectivity index (χ3n) is 3.81. The fourth-order valence-electron chi connectivity index (χ4n) is 2.39. The number of nitrogens with zero attached hydrogens (tertiary/aromatic N) is 1. The van der Waals surface area contributed by atoms with E-state index in [2.05, 4.69) is 18.0 Å². The second-order valence-corrected chi connectivity index (χ2v) is 5.36. The molecule has 1 aliphatic carbocycles. The van der Waals surface area contributed by atoms with Crippen molar-refractivity contribution in [3.8, 4) is 0 Å². The standard InChI is InChI=1S/C16H17NO2/c1-10-6-7-13(11(2)8-10)9-14-16(18)19-15(17-14)12-4-3-5-12/h6-9,12H,3-5H2,1-2H3/b14-9-. The zero-order valence-corrected chi connectivity index (χ0v) is 11.3. The molecule has 0 N–H and O–H groups in total. The first-order valence-electron chi connectivity index (χ1n) is 6.73. The summed E-state index contributed by atoms with van der Waals surface area (Å²) >= 11 is 0. The lowest BCUT2D eigenvalue weighted by Gasteiger charge is -2.23. The van der Waals surface area contributed by atoms with Crippen molar-refractivity contribution in [3.63, 3.8) is 0 Å². The van der Waals surface area contributed by atoms with Crippen LogP contribution in [-0.2, 0) is 9.53 Å². The molecule has 0 saturated heterocycles. The summed E-state index contributed by atoms with van der Waals surface area (Å²) in [5.74, 6) is 0.656. The second kappa shape index (κ2) is 4.65. The molecule has 1 saturated carbocycles. The van der Waals surface area contributed by atoms with E-state index in [9.17, 15) is 4.79 Å². The van der Waals surface area contributed by atoms with Crippen LogP contribution in [0, 0.1) is 19.8 Å². The fraction of sp³-hybridized carbons (Fsp3) is 0.375. The Bertz CT molecular complexity index is 595. The van der Waals surface area contributed by atoms with Crippen LogP contribution in [0.1, 0.15) is 36.0 Å². The predicted molar refractivity (Wildman–Crippen MR) is 74.8 cm³/mol. The SMILES string of the molecule is Cc1ccc(/C=C2\N=C(C3CCC3)OC2=O)c(C)c1. The van der Waals surface area contributed by atoms with Crippen molar-refractivity contribution in [1.82, 2.24) is 0 Å². The molecule has 3 rings (SSSR count). The Kier molecular flexibility index (Phi) is 2.97. The number of hydrogen-bond acceptors (Lipinski definition) is 3. The molecule has 1 aromatic rings. The van der Waals surface area contributed by atoms with Crippen molar-refractivity contribution in [3.05, 3.63) is 40.6 Å². The van der Waals surface area contributed by atoms with Crippen molar-refractivity contribution >= 4 is 17.9 Å². The first kappa shape index (κ1) is 12.2. The Balaban J connectivity index is 1.90. The quantitative estimate of drug-likeness (QED) is 0.600. The van der Waals surface area contributed by atoms with Crippen LogP contribution in [0.4, 0.5) is 0 Å². The van der Waals surface area contributed by atoms with E-state index >= 15 is 0 Å². The van der Waals surface area contributed by atoms with Crippen LogP contribution in [0.5, 0.6) is 0 Å². The van der Waals surface area contributed by atoms with Crippen LogP contribution in [0.25, 0.3) is 6.08 Å². The molecule has 0 spiro atoms. The number of aliphatic imine (C=N–C) groups is 1. The van der Waals surface area contributed by atoms with E-state index in [4.69, 9.17) is 4.74 Å². The summed E-state index contributed by atoms with van der Waals surface area (Å²) in [6.07, 6.45) is 5.20. The normalized spacial score (nSPS) is 21.3. The summed E-state index contributed by atoms with van der Waals surface area (Å²) in [4.78, 5) is 16.2. The number of carbonyl (C=O) groups excluding carboxylic acids is 1. The van der Waals surface area contributed by atoms with Crippen molar-refractivity contribution in [2.24, 2.45) is 10.9 Å². The van der Waals surface area contributed by atoms with Gasteiger partial charge in [-0.15, -0.1) is 0 Å². The number of rotatable bonds is 2. The van der Waals surface area contributed by atoms with Gasteiger partial charge in [-0.1, -0.05) is 30.2 Å². The van der Waals surface area contributed by atoms with Gasteiger partial charge in [0, 0.05) is 5.92 Å². The number of carbonyl (C=O) groups is 1. The molecule has 1 fully saturated rings. The predicted octanol–water partition coefficient (Wildman–Crippen LogP) is 3.40. The highest BCUT2D eigenvalue weighted by Crippen LogP contribution is 2.32. The average molecular weight is 255 g/mol. The molecule has 1 aliphatic heterocycles. The molecular formula is C16H17NO2. The van der Waals surface area contributed by atoms with Gasteiger partial charge in [-0.25, -0.2) is 9.79 Å². The van der Waals surface area contributed by atoms with Gasteiger partial charge >= 0.3 is 5.97 Å². The van der Waals surface area contributed by atoms with E-state index in [1.54, 1.807) is 0 Å². The molecular weight excluding hydrogens is 238 g/mol. The summed E-state index contributed by atoms with van der Waals surface area (Å²) in [5.41, 5.74) is 3.81. The van der Waals surface area contributed by atoms with Gasteiger partial charge in [-0.3, -0.25) is 0 Å². The topological polar surface area (TPSA) is 38.7 Å². The number of cyclic esters (lactones) is 1. The van der Waals surface area contributed by atoms with Gasteiger partial charge in [0.1, 0.15) is 0 Å². The molecule has 98 valence electrons. The monoisotopic (exact) mass is 255 g/mol. The van der Waals surface area contributed by atoms with Gasteiger partial charge in [0.15, 0.2) is 5.70 Å². The van der Waals surface area contributed by atoms with E-state index in [0.717, 1.165) is 24.0 Å². The van der Waals surface area contributed by atoms with Gasteiger partial charge in [-0.2, -0.15) is 0 Å². The second-order valence-electron chi connectivity index (χ2n) is 5.36. The maximum atomic E-state index is 11.8. The van der Waals surface area contributed by atoms with Crippen LogP contribution in [0.15, 0.2) is 28.9 Å². The van der Waals surface area contributed by atoms with Gasteiger partial charge < -0.3 is 4.74 Å². The molecule has 0 bridgehead atoms. The van der Waals surface area contributed by atoms with E-state index in [1.807, 2.05) is 25.1 Å². The van der Waals surface area contributed by atoms with Crippen LogP contribution < -0.4 is 0 Å². The third-order valence-corrected chi connectivity index (χ3v) is 3.81. The molecule has 0 radical (unpaired) electrons. The largest absolute Gasteiger partial charge is 0.406 e. The van der Waals surface area contributed by atoms with Crippen LogP contribution >= 0.6 is 0 Å². The number of hydrogen-bond donors (Lipinski definition) is 0. The summed E-state index contributed by atoms with van der Waals surface area (Å²) in [6.45, 7) is 4.09. The molecule has 2 aliphatic rings. The smallest absolute Gasteiger partial charge is 0.363 e. The summed E-state index contributed by atoms with van der Waals surface area (Å²) in [6, 6.07) is 6.15. The fourth-order valence-corrected chi connectivity index (χ4v) is 2.39. The van der Waals surface area contributed by atoms with E-state index < -0.39 is 0 Å². The molecule has 1 heterocycles. The van der Waals surface area contributed by atoms with Crippen LogP contribution in [0.3, 0.4) is 0 Å². The van der Waals surface area contributed by atoms with Gasteiger partial charge in [0.2, 0.25) is 5.90 Å².